The SMILES string of the molecule is CC(C)C(=O)NCC(=O)N1CC[C@]2(CCCN(CCCc3ccccc3)C2)C1. The second-order valence-corrected chi connectivity index (χ2v) is 8.91. The lowest BCUT2D eigenvalue weighted by Crippen LogP contribution is -2.46. The van der Waals surface area contributed by atoms with E-state index in [2.05, 4.69) is 40.5 Å². The number of aryl methyl sites for hydroxylation is 1. The lowest BCUT2D eigenvalue weighted by molar-refractivity contribution is -0.133. The molecule has 2 fully saturated rings. The quantitative estimate of drug-likeness (QED) is 0.785. The summed E-state index contributed by atoms with van der Waals surface area (Å²) in [4.78, 5) is 28.8. The van der Waals surface area contributed by atoms with Gasteiger partial charge >= 0.3 is 0 Å². The lowest BCUT2D eigenvalue weighted by atomic mass is 9.79. The maximum atomic E-state index is 12.5. The molecule has 0 unspecified atom stereocenters. The molecule has 2 amide bonds. The van der Waals surface area contributed by atoms with Gasteiger partial charge in [0, 0.05) is 31.0 Å². The first kappa shape index (κ1) is 20.8. The molecule has 0 radical (unpaired) electrons. The van der Waals surface area contributed by atoms with Crippen LogP contribution in [0.3, 0.4) is 0 Å². The average Bonchev–Trinajstić information content (AvgIpc) is 3.10. The van der Waals surface area contributed by atoms with Gasteiger partial charge < -0.3 is 15.1 Å². The highest BCUT2D eigenvalue weighted by Gasteiger charge is 2.42. The van der Waals surface area contributed by atoms with Crippen LogP contribution in [0.1, 0.15) is 45.1 Å². The minimum absolute atomic E-state index is 0.0514. The Kier molecular flexibility index (Phi) is 7.11. The fourth-order valence-electron chi connectivity index (χ4n) is 4.61. The van der Waals surface area contributed by atoms with Crippen molar-refractivity contribution >= 4 is 11.8 Å². The molecule has 0 saturated carbocycles. The van der Waals surface area contributed by atoms with E-state index >= 15 is 0 Å². The Morgan fingerprint density at radius 3 is 2.64 bits per heavy atom. The fraction of sp³-hybridized carbons (Fsp3) is 0.652. The molecular weight excluding hydrogens is 350 g/mol. The molecule has 5 heteroatoms. The lowest BCUT2D eigenvalue weighted by Gasteiger charge is -2.40. The van der Waals surface area contributed by atoms with E-state index in [1.165, 1.54) is 31.4 Å². The van der Waals surface area contributed by atoms with Crippen molar-refractivity contribution in [1.29, 1.82) is 0 Å². The molecule has 5 nitrogen and oxygen atoms in total. The van der Waals surface area contributed by atoms with Crippen LogP contribution in [0.5, 0.6) is 0 Å². The zero-order valence-corrected chi connectivity index (χ0v) is 17.5. The smallest absolute Gasteiger partial charge is 0.241 e. The molecule has 2 saturated heterocycles. The molecule has 2 aliphatic rings. The van der Waals surface area contributed by atoms with Crippen LogP contribution in [0, 0.1) is 11.3 Å². The van der Waals surface area contributed by atoms with Crippen LogP contribution in [0.2, 0.25) is 0 Å². The Hall–Kier alpha value is -1.88. The van der Waals surface area contributed by atoms with Gasteiger partial charge in [-0.25, -0.2) is 0 Å². The van der Waals surface area contributed by atoms with Crippen molar-refractivity contribution in [3.63, 3.8) is 0 Å². The highest BCUT2D eigenvalue weighted by atomic mass is 16.2. The Balaban J connectivity index is 1.44. The molecule has 0 aliphatic carbocycles. The van der Waals surface area contributed by atoms with Gasteiger partial charge in [0.1, 0.15) is 0 Å². The van der Waals surface area contributed by atoms with Gasteiger partial charge in [-0.05, 0) is 50.8 Å². The molecule has 154 valence electrons. The van der Waals surface area contributed by atoms with E-state index < -0.39 is 0 Å². The number of carbonyl (C=O) groups excluding carboxylic acids is 2. The van der Waals surface area contributed by atoms with Crippen LogP contribution in [0.25, 0.3) is 0 Å². The van der Waals surface area contributed by atoms with Crippen molar-refractivity contribution in [1.82, 2.24) is 15.1 Å². The summed E-state index contributed by atoms with van der Waals surface area (Å²) in [7, 11) is 0. The van der Waals surface area contributed by atoms with Crippen LogP contribution in [-0.4, -0.2) is 60.9 Å². The monoisotopic (exact) mass is 385 g/mol. The molecule has 1 spiro atoms. The van der Waals surface area contributed by atoms with Gasteiger partial charge in [0.15, 0.2) is 0 Å². The largest absolute Gasteiger partial charge is 0.347 e. The van der Waals surface area contributed by atoms with E-state index in [4.69, 9.17) is 0 Å². The summed E-state index contributed by atoms with van der Waals surface area (Å²) in [6.45, 7) is 8.91. The standard InChI is InChI=1S/C23H35N3O2/c1-19(2)22(28)24-16-21(27)26-15-12-23(18-26)11-7-14-25(17-23)13-6-10-20-8-4-3-5-9-20/h3-5,8-9,19H,6-7,10-18H2,1-2H3,(H,24,28)/t23-/m0/s1. The number of amides is 2. The van der Waals surface area contributed by atoms with Gasteiger partial charge in [-0.1, -0.05) is 44.2 Å². The Morgan fingerprint density at radius 2 is 1.89 bits per heavy atom. The third-order valence-corrected chi connectivity index (χ3v) is 6.25. The zero-order chi connectivity index (χ0) is 20.0. The van der Waals surface area contributed by atoms with Crippen LogP contribution < -0.4 is 5.32 Å². The summed E-state index contributed by atoms with van der Waals surface area (Å²) in [5.74, 6) is -0.0721. The number of carbonyl (C=O) groups is 2. The van der Waals surface area contributed by atoms with Gasteiger partial charge in [-0.3, -0.25) is 9.59 Å². The molecule has 28 heavy (non-hydrogen) atoms. The van der Waals surface area contributed by atoms with Crippen molar-refractivity contribution in [2.24, 2.45) is 11.3 Å². The summed E-state index contributed by atoms with van der Waals surface area (Å²) in [5, 5.41) is 2.76. The Bertz CT molecular complexity index is 661. The van der Waals surface area contributed by atoms with E-state index in [1.807, 2.05) is 18.7 Å². The molecule has 1 atom stereocenters. The molecule has 2 heterocycles. The highest BCUT2D eigenvalue weighted by Crippen LogP contribution is 2.39. The summed E-state index contributed by atoms with van der Waals surface area (Å²) >= 11 is 0. The second kappa shape index (κ2) is 9.55. The normalized spacial score (nSPS) is 22.8. The maximum Gasteiger partial charge on any atom is 0.241 e. The maximum absolute atomic E-state index is 12.5. The first-order valence-corrected chi connectivity index (χ1v) is 10.8. The van der Waals surface area contributed by atoms with Crippen LogP contribution >= 0.6 is 0 Å². The number of hydrogen-bond donors (Lipinski definition) is 1. The molecule has 1 aromatic carbocycles. The van der Waals surface area contributed by atoms with Crippen LogP contribution in [0.4, 0.5) is 0 Å². The van der Waals surface area contributed by atoms with Crippen molar-refractivity contribution in [3.05, 3.63) is 35.9 Å². The van der Waals surface area contributed by atoms with Crippen molar-refractivity contribution in [3.8, 4) is 0 Å². The number of benzene rings is 1. The molecule has 0 bridgehead atoms. The van der Waals surface area contributed by atoms with Gasteiger partial charge in [0.25, 0.3) is 0 Å². The summed E-state index contributed by atoms with van der Waals surface area (Å²) in [6.07, 6.45) is 5.84. The van der Waals surface area contributed by atoms with E-state index in [0.29, 0.717) is 0 Å². The molecule has 1 N–H and O–H groups in total. The summed E-state index contributed by atoms with van der Waals surface area (Å²) < 4.78 is 0. The van der Waals surface area contributed by atoms with Gasteiger partial charge in [-0.15, -0.1) is 0 Å². The van der Waals surface area contributed by atoms with E-state index in [9.17, 15) is 9.59 Å². The zero-order valence-electron chi connectivity index (χ0n) is 17.5. The summed E-state index contributed by atoms with van der Waals surface area (Å²) in [6, 6.07) is 10.7. The second-order valence-electron chi connectivity index (χ2n) is 8.91. The number of likely N-dealkylation sites (tertiary alicyclic amines) is 2. The van der Waals surface area contributed by atoms with Gasteiger partial charge in [0.05, 0.1) is 6.54 Å². The first-order chi connectivity index (χ1) is 13.5. The fourth-order valence-corrected chi connectivity index (χ4v) is 4.61. The average molecular weight is 386 g/mol. The van der Waals surface area contributed by atoms with E-state index in [-0.39, 0.29) is 29.7 Å². The van der Waals surface area contributed by atoms with Crippen molar-refractivity contribution in [2.45, 2.75) is 46.0 Å². The highest BCUT2D eigenvalue weighted by molar-refractivity contribution is 5.85. The van der Waals surface area contributed by atoms with Gasteiger partial charge in [-0.2, -0.15) is 0 Å². The van der Waals surface area contributed by atoms with Crippen molar-refractivity contribution < 1.29 is 9.59 Å². The number of nitrogens with zero attached hydrogens (tertiary/aromatic N) is 2. The van der Waals surface area contributed by atoms with Crippen LogP contribution in [-0.2, 0) is 16.0 Å². The predicted octanol–water partition coefficient (Wildman–Crippen LogP) is 2.71. The number of piperidine rings is 1. The number of rotatable bonds is 7. The van der Waals surface area contributed by atoms with Crippen LogP contribution in [0.15, 0.2) is 30.3 Å². The number of hydrogen-bond acceptors (Lipinski definition) is 3. The number of nitrogens with one attached hydrogen (secondary N) is 1. The van der Waals surface area contributed by atoms with Gasteiger partial charge in [0.2, 0.25) is 11.8 Å². The molecule has 0 aromatic heterocycles. The third-order valence-electron chi connectivity index (χ3n) is 6.25. The predicted molar refractivity (Wildman–Crippen MR) is 112 cm³/mol. The Labute approximate surface area is 169 Å². The van der Waals surface area contributed by atoms with E-state index in [1.54, 1.807) is 0 Å². The van der Waals surface area contributed by atoms with Crippen molar-refractivity contribution in [2.75, 3.05) is 39.3 Å². The molecule has 2 aliphatic heterocycles. The molecular formula is C23H35N3O2. The summed E-state index contributed by atoms with van der Waals surface area (Å²) in [5.41, 5.74) is 1.67. The minimum Gasteiger partial charge on any atom is -0.347 e. The topological polar surface area (TPSA) is 52.7 Å². The molecule has 3 rings (SSSR count). The third kappa shape index (κ3) is 5.57. The van der Waals surface area contributed by atoms with E-state index in [0.717, 1.165) is 39.0 Å². The Morgan fingerprint density at radius 1 is 1.11 bits per heavy atom. The molecule has 1 aromatic rings. The minimum atomic E-state index is -0.0829. The first-order valence-electron chi connectivity index (χ1n) is 10.8.